The number of hydrogen-bond acceptors (Lipinski definition) is 7. The van der Waals surface area contributed by atoms with E-state index in [-0.39, 0.29) is 0 Å². The zero-order valence-electron chi connectivity index (χ0n) is 16.3. The maximum absolute atomic E-state index is 9.91. The third-order valence-electron chi connectivity index (χ3n) is 4.38. The molecule has 3 aromatic rings. The monoisotopic (exact) mass is 495 g/mol. The Balaban J connectivity index is 1.86. The van der Waals surface area contributed by atoms with E-state index >= 15 is 0 Å². The summed E-state index contributed by atoms with van der Waals surface area (Å²) in [6.07, 6.45) is 2.36. The molecule has 0 saturated carbocycles. The van der Waals surface area contributed by atoms with Crippen LogP contribution < -0.4 is 16.4 Å². The molecule has 0 saturated heterocycles. The van der Waals surface area contributed by atoms with Crippen molar-refractivity contribution in [2.45, 2.75) is 45.9 Å². The van der Waals surface area contributed by atoms with Crippen LogP contribution in [-0.4, -0.2) is 36.8 Å². The molecule has 0 spiro atoms. The third kappa shape index (κ3) is 5.02. The van der Waals surface area contributed by atoms with Crippen molar-refractivity contribution < 1.29 is 5.11 Å². The van der Waals surface area contributed by atoms with Crippen molar-refractivity contribution in [3.05, 3.63) is 33.7 Å². The SMILES string of the molecule is CCn1cnc2c(NCc3cc(I)ccc3N)nc(NCCC(C)(C)O)nc21. The fraction of sp³-hybridized carbons (Fsp3) is 0.421. The lowest BCUT2D eigenvalue weighted by atomic mass is 10.1. The number of nitrogens with one attached hydrogen (secondary N) is 2. The van der Waals surface area contributed by atoms with Gasteiger partial charge in [0.15, 0.2) is 17.0 Å². The summed E-state index contributed by atoms with van der Waals surface area (Å²) in [6, 6.07) is 5.94. The largest absolute Gasteiger partial charge is 0.398 e. The summed E-state index contributed by atoms with van der Waals surface area (Å²) in [5.41, 5.74) is 8.58. The minimum Gasteiger partial charge on any atom is -0.398 e. The lowest BCUT2D eigenvalue weighted by Crippen LogP contribution is -2.23. The Labute approximate surface area is 178 Å². The number of aliphatic hydroxyl groups is 1. The highest BCUT2D eigenvalue weighted by molar-refractivity contribution is 14.1. The molecule has 2 aromatic heterocycles. The smallest absolute Gasteiger partial charge is 0.226 e. The molecular weight excluding hydrogens is 469 g/mol. The van der Waals surface area contributed by atoms with Crippen LogP contribution in [0.3, 0.4) is 0 Å². The number of nitrogens with two attached hydrogens (primary N) is 1. The molecule has 150 valence electrons. The normalized spacial score (nSPS) is 11.8. The van der Waals surface area contributed by atoms with Crippen molar-refractivity contribution in [1.82, 2.24) is 19.5 Å². The predicted molar refractivity (Wildman–Crippen MR) is 121 cm³/mol. The van der Waals surface area contributed by atoms with E-state index < -0.39 is 5.60 Å². The Hall–Kier alpha value is -2.14. The summed E-state index contributed by atoms with van der Waals surface area (Å²) >= 11 is 2.27. The summed E-state index contributed by atoms with van der Waals surface area (Å²) in [4.78, 5) is 13.7. The third-order valence-corrected chi connectivity index (χ3v) is 5.05. The summed E-state index contributed by atoms with van der Waals surface area (Å²) in [6.45, 7) is 7.48. The van der Waals surface area contributed by atoms with Gasteiger partial charge in [0.1, 0.15) is 0 Å². The van der Waals surface area contributed by atoms with E-state index in [4.69, 9.17) is 5.73 Å². The highest BCUT2D eigenvalue weighted by Gasteiger charge is 2.15. The van der Waals surface area contributed by atoms with Crippen LogP contribution in [0, 0.1) is 3.57 Å². The fourth-order valence-electron chi connectivity index (χ4n) is 2.76. The standard InChI is InChI=1S/C19H26IN7O/c1-4-27-11-24-15-16(23-10-12-9-13(20)5-6-14(12)21)25-18(26-17(15)27)22-8-7-19(2,3)28/h5-6,9,11,28H,4,7-8,10,21H2,1-3H3,(H2,22,23,25,26). The maximum atomic E-state index is 9.91. The highest BCUT2D eigenvalue weighted by atomic mass is 127. The molecule has 0 fully saturated rings. The number of nitrogens with zero attached hydrogens (tertiary/aromatic N) is 4. The Kier molecular flexibility index (Phi) is 6.23. The molecule has 8 nitrogen and oxygen atoms in total. The quantitative estimate of drug-likeness (QED) is 0.280. The van der Waals surface area contributed by atoms with Gasteiger partial charge in [-0.05, 0) is 73.5 Å². The lowest BCUT2D eigenvalue weighted by Gasteiger charge is -2.17. The van der Waals surface area contributed by atoms with Gasteiger partial charge in [-0.25, -0.2) is 4.98 Å². The first-order chi connectivity index (χ1) is 13.3. The van der Waals surface area contributed by atoms with Crippen LogP contribution in [-0.2, 0) is 13.1 Å². The van der Waals surface area contributed by atoms with Gasteiger partial charge in [-0.1, -0.05) is 0 Å². The molecule has 0 radical (unpaired) electrons. The van der Waals surface area contributed by atoms with Crippen LogP contribution in [0.2, 0.25) is 0 Å². The van der Waals surface area contributed by atoms with Crippen molar-refractivity contribution in [1.29, 1.82) is 0 Å². The second kappa shape index (κ2) is 8.48. The van der Waals surface area contributed by atoms with Crippen molar-refractivity contribution in [2.75, 3.05) is 22.9 Å². The summed E-state index contributed by atoms with van der Waals surface area (Å²) < 4.78 is 3.10. The first kappa shape index (κ1) is 20.6. The van der Waals surface area contributed by atoms with Crippen molar-refractivity contribution in [3.8, 4) is 0 Å². The summed E-state index contributed by atoms with van der Waals surface area (Å²) in [5.74, 6) is 1.16. The number of hydrogen-bond donors (Lipinski definition) is 4. The first-order valence-corrected chi connectivity index (χ1v) is 10.3. The number of anilines is 3. The van der Waals surface area contributed by atoms with E-state index in [0.29, 0.717) is 31.3 Å². The molecule has 0 atom stereocenters. The van der Waals surface area contributed by atoms with Gasteiger partial charge in [0.2, 0.25) is 5.95 Å². The van der Waals surface area contributed by atoms with Crippen LogP contribution in [0.1, 0.15) is 32.8 Å². The molecule has 5 N–H and O–H groups in total. The van der Waals surface area contributed by atoms with Crippen LogP contribution in [0.4, 0.5) is 17.5 Å². The number of aryl methyl sites for hydroxylation is 1. The molecule has 0 unspecified atom stereocenters. The van der Waals surface area contributed by atoms with Gasteiger partial charge in [0.25, 0.3) is 0 Å². The van der Waals surface area contributed by atoms with Gasteiger partial charge in [-0.2, -0.15) is 9.97 Å². The molecule has 0 bridgehead atoms. The zero-order chi connectivity index (χ0) is 20.3. The molecule has 2 heterocycles. The molecule has 1 aromatic carbocycles. The number of fused-ring (bicyclic) bond motifs is 1. The molecule has 0 aliphatic rings. The molecule has 3 rings (SSSR count). The molecule has 0 aliphatic heterocycles. The van der Waals surface area contributed by atoms with E-state index in [2.05, 4.69) is 54.2 Å². The Morgan fingerprint density at radius 2 is 2.04 bits per heavy atom. The topological polar surface area (TPSA) is 114 Å². The Bertz CT molecular complexity index is 965. The van der Waals surface area contributed by atoms with E-state index in [0.717, 1.165) is 32.5 Å². The van der Waals surface area contributed by atoms with Crippen molar-refractivity contribution in [2.24, 2.45) is 0 Å². The lowest BCUT2D eigenvalue weighted by molar-refractivity contribution is 0.0748. The minimum absolute atomic E-state index is 0.505. The van der Waals surface area contributed by atoms with Gasteiger partial charge in [-0.3, -0.25) is 0 Å². The van der Waals surface area contributed by atoms with Gasteiger partial charge in [-0.15, -0.1) is 0 Å². The van der Waals surface area contributed by atoms with Crippen LogP contribution >= 0.6 is 22.6 Å². The van der Waals surface area contributed by atoms with Crippen molar-refractivity contribution in [3.63, 3.8) is 0 Å². The molecule has 28 heavy (non-hydrogen) atoms. The Morgan fingerprint density at radius 1 is 1.25 bits per heavy atom. The van der Waals surface area contributed by atoms with Crippen molar-refractivity contribution >= 4 is 51.2 Å². The van der Waals surface area contributed by atoms with Crippen LogP contribution in [0.15, 0.2) is 24.5 Å². The number of imidazole rings is 1. The van der Waals surface area contributed by atoms with Gasteiger partial charge >= 0.3 is 0 Å². The number of aromatic nitrogens is 4. The second-order valence-corrected chi connectivity index (χ2v) is 8.53. The van der Waals surface area contributed by atoms with E-state index in [1.165, 1.54) is 0 Å². The molecule has 0 amide bonds. The van der Waals surface area contributed by atoms with Gasteiger partial charge < -0.3 is 26.0 Å². The minimum atomic E-state index is -0.745. The Morgan fingerprint density at radius 3 is 2.75 bits per heavy atom. The van der Waals surface area contributed by atoms with E-state index in [1.54, 1.807) is 20.2 Å². The van der Waals surface area contributed by atoms with E-state index in [1.807, 2.05) is 23.6 Å². The zero-order valence-corrected chi connectivity index (χ0v) is 18.5. The predicted octanol–water partition coefficient (Wildman–Crippen LogP) is 3.22. The maximum Gasteiger partial charge on any atom is 0.226 e. The first-order valence-electron chi connectivity index (χ1n) is 9.23. The number of benzene rings is 1. The van der Waals surface area contributed by atoms with Crippen LogP contribution in [0.5, 0.6) is 0 Å². The molecule has 0 aliphatic carbocycles. The van der Waals surface area contributed by atoms with E-state index in [9.17, 15) is 5.11 Å². The highest BCUT2D eigenvalue weighted by Crippen LogP contribution is 2.23. The number of halogens is 1. The molecule has 9 heteroatoms. The average Bonchev–Trinajstić information content (AvgIpc) is 3.04. The average molecular weight is 495 g/mol. The fourth-order valence-corrected chi connectivity index (χ4v) is 3.32. The summed E-state index contributed by atoms with van der Waals surface area (Å²) in [7, 11) is 0. The number of nitrogen functional groups attached to an aromatic ring is 1. The van der Waals surface area contributed by atoms with Gasteiger partial charge in [0, 0.05) is 28.9 Å². The van der Waals surface area contributed by atoms with Crippen LogP contribution in [0.25, 0.3) is 11.2 Å². The molecular formula is C19H26IN7O. The second-order valence-electron chi connectivity index (χ2n) is 7.28. The van der Waals surface area contributed by atoms with Gasteiger partial charge in [0.05, 0.1) is 11.9 Å². The summed E-state index contributed by atoms with van der Waals surface area (Å²) in [5, 5.41) is 16.5. The number of rotatable bonds is 8.